The fraction of sp³-hybridized carbons (Fsp3) is 0.385. The second kappa shape index (κ2) is 7.32. The van der Waals surface area contributed by atoms with Crippen LogP contribution in [0.5, 0.6) is 0 Å². The van der Waals surface area contributed by atoms with E-state index in [1.165, 1.54) is 0 Å². The Morgan fingerprint density at radius 2 is 2.00 bits per heavy atom. The minimum absolute atomic E-state index is 0.219. The molecule has 1 aromatic rings. The average Bonchev–Trinajstić information content (AvgIpc) is 2.35. The fourth-order valence-corrected chi connectivity index (χ4v) is 1.53. The van der Waals surface area contributed by atoms with Crippen LogP contribution in [0.25, 0.3) is 0 Å². The minimum Gasteiger partial charge on any atom is -0.480 e. The van der Waals surface area contributed by atoms with Gasteiger partial charge in [0.25, 0.3) is 0 Å². The predicted molar refractivity (Wildman–Crippen MR) is 66.3 cm³/mol. The van der Waals surface area contributed by atoms with Crippen LogP contribution in [0.2, 0.25) is 0 Å². The van der Waals surface area contributed by atoms with E-state index >= 15 is 0 Å². The summed E-state index contributed by atoms with van der Waals surface area (Å²) >= 11 is 0. The van der Waals surface area contributed by atoms with Gasteiger partial charge >= 0.3 is 12.1 Å². The van der Waals surface area contributed by atoms with Crippen molar-refractivity contribution < 1.29 is 19.4 Å². The lowest BCUT2D eigenvalue weighted by Crippen LogP contribution is -2.41. The Labute approximate surface area is 106 Å². The lowest BCUT2D eigenvalue weighted by molar-refractivity contribution is -0.139. The zero-order valence-corrected chi connectivity index (χ0v) is 10.3. The highest BCUT2D eigenvalue weighted by atomic mass is 16.5. The van der Waals surface area contributed by atoms with Crippen molar-refractivity contribution in [3.05, 3.63) is 35.9 Å². The monoisotopic (exact) mass is 251 g/mol. The average molecular weight is 251 g/mol. The third-order valence-corrected chi connectivity index (χ3v) is 2.43. The number of carboxylic acid groups (broad SMARTS) is 1. The molecule has 1 atom stereocenters. The van der Waals surface area contributed by atoms with Crippen molar-refractivity contribution in [2.24, 2.45) is 0 Å². The third kappa shape index (κ3) is 4.86. The molecule has 0 saturated carbocycles. The number of aryl methyl sites for hydroxylation is 1. The molecule has 18 heavy (non-hydrogen) atoms. The van der Waals surface area contributed by atoms with Crippen molar-refractivity contribution in [2.45, 2.75) is 25.8 Å². The van der Waals surface area contributed by atoms with E-state index in [4.69, 9.17) is 5.11 Å². The molecule has 1 unspecified atom stereocenters. The van der Waals surface area contributed by atoms with Crippen LogP contribution in [-0.4, -0.2) is 29.8 Å². The van der Waals surface area contributed by atoms with E-state index in [1.54, 1.807) is 6.92 Å². The Morgan fingerprint density at radius 3 is 2.56 bits per heavy atom. The van der Waals surface area contributed by atoms with Crippen LogP contribution in [0.15, 0.2) is 30.3 Å². The summed E-state index contributed by atoms with van der Waals surface area (Å²) in [5.74, 6) is -1.06. The van der Waals surface area contributed by atoms with Crippen molar-refractivity contribution in [1.82, 2.24) is 5.32 Å². The van der Waals surface area contributed by atoms with Gasteiger partial charge in [0, 0.05) is 0 Å². The summed E-state index contributed by atoms with van der Waals surface area (Å²) in [5.41, 5.74) is 1.04. The number of aliphatic carboxylic acids is 1. The predicted octanol–water partition coefficient (Wildman–Crippen LogP) is 1.82. The van der Waals surface area contributed by atoms with Crippen LogP contribution in [0.1, 0.15) is 18.9 Å². The molecule has 0 aliphatic heterocycles. The largest absolute Gasteiger partial charge is 0.480 e. The molecule has 0 heterocycles. The van der Waals surface area contributed by atoms with Gasteiger partial charge in [-0.15, -0.1) is 0 Å². The van der Waals surface area contributed by atoms with Crippen molar-refractivity contribution in [1.29, 1.82) is 0 Å². The van der Waals surface area contributed by atoms with Crippen LogP contribution in [-0.2, 0) is 16.0 Å². The Bertz CT molecular complexity index is 391. The number of ether oxygens (including phenoxy) is 1. The highest BCUT2D eigenvalue weighted by Gasteiger charge is 2.20. The van der Waals surface area contributed by atoms with Gasteiger partial charge in [-0.05, 0) is 25.3 Å². The summed E-state index contributed by atoms with van der Waals surface area (Å²) in [4.78, 5) is 22.2. The van der Waals surface area contributed by atoms with Crippen LogP contribution in [0.3, 0.4) is 0 Å². The summed E-state index contributed by atoms with van der Waals surface area (Å²) in [6, 6.07) is 8.60. The van der Waals surface area contributed by atoms with Gasteiger partial charge in [0.2, 0.25) is 0 Å². The fourth-order valence-electron chi connectivity index (χ4n) is 1.53. The number of hydrogen-bond acceptors (Lipinski definition) is 3. The van der Waals surface area contributed by atoms with Crippen molar-refractivity contribution in [3.8, 4) is 0 Å². The molecular formula is C13H17NO4. The second-order valence-electron chi connectivity index (χ2n) is 3.78. The second-order valence-corrected chi connectivity index (χ2v) is 3.78. The maximum absolute atomic E-state index is 11.2. The molecule has 1 amide bonds. The molecule has 5 nitrogen and oxygen atoms in total. The number of alkyl carbamates (subject to hydrolysis) is 1. The number of carboxylic acids is 1. The summed E-state index contributed by atoms with van der Waals surface area (Å²) < 4.78 is 4.66. The van der Waals surface area contributed by atoms with Gasteiger partial charge in [0.05, 0.1) is 6.61 Å². The molecule has 1 aromatic carbocycles. The van der Waals surface area contributed by atoms with E-state index in [0.717, 1.165) is 5.56 Å². The lowest BCUT2D eigenvalue weighted by atomic mass is 10.1. The molecule has 1 rings (SSSR count). The molecule has 2 N–H and O–H groups in total. The van der Waals surface area contributed by atoms with Crippen LogP contribution >= 0.6 is 0 Å². The molecule has 0 bridgehead atoms. The Kier molecular flexibility index (Phi) is 5.70. The lowest BCUT2D eigenvalue weighted by Gasteiger charge is -2.14. The molecule has 0 aliphatic carbocycles. The molecule has 0 aliphatic rings. The van der Waals surface area contributed by atoms with E-state index in [-0.39, 0.29) is 6.61 Å². The standard InChI is InChI=1S/C13H17NO4/c1-2-18-13(17)14-11(12(15)16)9-8-10-6-4-3-5-7-10/h3-7,11H,2,8-9H2,1H3,(H,14,17)(H,15,16). The zero-order chi connectivity index (χ0) is 13.4. The third-order valence-electron chi connectivity index (χ3n) is 2.43. The molecule has 98 valence electrons. The van der Waals surface area contributed by atoms with Crippen LogP contribution in [0.4, 0.5) is 4.79 Å². The molecule has 0 spiro atoms. The molecular weight excluding hydrogens is 234 g/mol. The normalized spacial score (nSPS) is 11.6. The van der Waals surface area contributed by atoms with E-state index in [2.05, 4.69) is 10.1 Å². The highest BCUT2D eigenvalue weighted by molar-refractivity contribution is 5.79. The van der Waals surface area contributed by atoms with Gasteiger partial charge in [0.1, 0.15) is 6.04 Å². The van der Waals surface area contributed by atoms with Gasteiger partial charge in [-0.25, -0.2) is 9.59 Å². The first kappa shape index (κ1) is 14.0. The first-order valence-electron chi connectivity index (χ1n) is 5.83. The quantitative estimate of drug-likeness (QED) is 0.808. The molecule has 0 saturated heterocycles. The maximum atomic E-state index is 11.2. The number of carbonyl (C=O) groups is 2. The molecule has 0 radical (unpaired) electrons. The number of carbonyl (C=O) groups excluding carboxylic acids is 1. The summed E-state index contributed by atoms with van der Waals surface area (Å²) in [7, 11) is 0. The number of benzene rings is 1. The Balaban J connectivity index is 2.48. The zero-order valence-electron chi connectivity index (χ0n) is 10.3. The number of rotatable bonds is 6. The SMILES string of the molecule is CCOC(=O)NC(CCc1ccccc1)C(=O)O. The highest BCUT2D eigenvalue weighted by Crippen LogP contribution is 2.05. The van der Waals surface area contributed by atoms with Gasteiger partial charge in [-0.2, -0.15) is 0 Å². The van der Waals surface area contributed by atoms with Gasteiger partial charge < -0.3 is 15.2 Å². The van der Waals surface area contributed by atoms with Crippen molar-refractivity contribution in [3.63, 3.8) is 0 Å². The smallest absolute Gasteiger partial charge is 0.407 e. The number of nitrogens with one attached hydrogen (secondary N) is 1. The van der Waals surface area contributed by atoms with E-state index in [0.29, 0.717) is 12.8 Å². The molecule has 0 fully saturated rings. The van der Waals surface area contributed by atoms with Gasteiger partial charge in [-0.3, -0.25) is 0 Å². The van der Waals surface area contributed by atoms with E-state index in [1.807, 2.05) is 30.3 Å². The topological polar surface area (TPSA) is 75.6 Å². The summed E-state index contributed by atoms with van der Waals surface area (Å²) in [6.07, 6.45) is 0.223. The van der Waals surface area contributed by atoms with Crippen molar-refractivity contribution in [2.75, 3.05) is 6.61 Å². The Hall–Kier alpha value is -2.04. The first-order chi connectivity index (χ1) is 8.63. The molecule has 5 heteroatoms. The van der Waals surface area contributed by atoms with Crippen LogP contribution in [0, 0.1) is 0 Å². The maximum Gasteiger partial charge on any atom is 0.407 e. The van der Waals surface area contributed by atoms with Gasteiger partial charge in [0.15, 0.2) is 0 Å². The van der Waals surface area contributed by atoms with Crippen molar-refractivity contribution >= 4 is 12.1 Å². The summed E-state index contributed by atoms with van der Waals surface area (Å²) in [5, 5.41) is 11.3. The molecule has 0 aromatic heterocycles. The first-order valence-corrected chi connectivity index (χ1v) is 5.83. The van der Waals surface area contributed by atoms with E-state index in [9.17, 15) is 9.59 Å². The minimum atomic E-state index is -1.06. The number of hydrogen-bond donors (Lipinski definition) is 2. The summed E-state index contributed by atoms with van der Waals surface area (Å²) in [6.45, 7) is 1.89. The Morgan fingerprint density at radius 1 is 1.33 bits per heavy atom. The van der Waals surface area contributed by atoms with Gasteiger partial charge in [-0.1, -0.05) is 30.3 Å². The number of amides is 1. The van der Waals surface area contributed by atoms with Crippen LogP contribution < -0.4 is 5.32 Å². The van der Waals surface area contributed by atoms with E-state index < -0.39 is 18.1 Å².